The Bertz CT molecular complexity index is 1340. The van der Waals surface area contributed by atoms with E-state index in [1.807, 2.05) is 23.1 Å². The maximum atomic E-state index is 13.2. The van der Waals surface area contributed by atoms with Crippen LogP contribution in [0.1, 0.15) is 17.2 Å². The maximum Gasteiger partial charge on any atom is 0.253 e. The molecular formula is C29H31N5O. The molecule has 0 bridgehead atoms. The van der Waals surface area contributed by atoms with E-state index < -0.39 is 0 Å². The Hall–Kier alpha value is -3.48. The van der Waals surface area contributed by atoms with E-state index >= 15 is 0 Å². The number of piperazine rings is 1. The molecule has 2 aliphatic heterocycles. The summed E-state index contributed by atoms with van der Waals surface area (Å²) in [6.07, 6.45) is 9.24. The average molecular weight is 466 g/mol. The zero-order valence-electron chi connectivity index (χ0n) is 20.1. The molecule has 3 aromatic rings. The van der Waals surface area contributed by atoms with Crippen molar-refractivity contribution in [3.05, 3.63) is 89.7 Å². The van der Waals surface area contributed by atoms with E-state index in [0.29, 0.717) is 0 Å². The van der Waals surface area contributed by atoms with Crippen LogP contribution in [0.5, 0.6) is 0 Å². The quantitative estimate of drug-likeness (QED) is 0.598. The zero-order chi connectivity index (χ0) is 23.8. The van der Waals surface area contributed by atoms with Gasteiger partial charge in [-0.25, -0.2) is 0 Å². The number of aromatic nitrogens is 1. The highest BCUT2D eigenvalue weighted by Gasteiger charge is 2.33. The largest absolute Gasteiger partial charge is 0.361 e. The fourth-order valence-corrected chi connectivity index (χ4v) is 5.45. The summed E-state index contributed by atoms with van der Waals surface area (Å²) in [7, 11) is 2.10. The van der Waals surface area contributed by atoms with Crippen LogP contribution in [-0.2, 0) is 11.2 Å². The summed E-state index contributed by atoms with van der Waals surface area (Å²) < 4.78 is 0. The molecule has 6 heteroatoms. The highest BCUT2D eigenvalue weighted by Crippen LogP contribution is 2.39. The lowest BCUT2D eigenvalue weighted by Gasteiger charge is -2.35. The smallest absolute Gasteiger partial charge is 0.253 e. The molecule has 1 amide bonds. The minimum absolute atomic E-state index is 0.108. The molecule has 0 saturated carbocycles. The molecule has 3 heterocycles. The first-order chi connectivity index (χ1) is 17.2. The van der Waals surface area contributed by atoms with Crippen LogP contribution < -0.4 is 5.32 Å². The van der Waals surface area contributed by atoms with Gasteiger partial charge in [-0.1, -0.05) is 48.6 Å². The summed E-state index contributed by atoms with van der Waals surface area (Å²) in [5.41, 5.74) is 6.41. The van der Waals surface area contributed by atoms with E-state index in [1.54, 1.807) is 0 Å². The Morgan fingerprint density at radius 2 is 1.89 bits per heavy atom. The number of hydrogen-bond acceptors (Lipinski definition) is 4. The van der Waals surface area contributed by atoms with Crippen molar-refractivity contribution in [3.63, 3.8) is 0 Å². The van der Waals surface area contributed by atoms with Gasteiger partial charge in [0.1, 0.15) is 0 Å². The second-order valence-corrected chi connectivity index (χ2v) is 9.72. The number of fused-ring (bicyclic) bond motifs is 3. The summed E-state index contributed by atoms with van der Waals surface area (Å²) in [6, 6.07) is 16.9. The SMILES string of the molecule is CN1CCN(C(=O)C2=CC3=Nc4ccccc4C(NCCc4c[nH]c5ccccc45)C3C=C2)CC1. The van der Waals surface area contributed by atoms with Gasteiger partial charge < -0.3 is 20.1 Å². The third kappa shape index (κ3) is 4.24. The van der Waals surface area contributed by atoms with Crippen molar-refractivity contribution in [3.8, 4) is 0 Å². The number of rotatable bonds is 5. The Morgan fingerprint density at radius 1 is 1.09 bits per heavy atom. The van der Waals surface area contributed by atoms with E-state index in [4.69, 9.17) is 4.99 Å². The van der Waals surface area contributed by atoms with Crippen LogP contribution in [-0.4, -0.2) is 66.2 Å². The van der Waals surface area contributed by atoms with Gasteiger partial charge in [-0.05, 0) is 49.3 Å². The molecule has 2 N–H and O–H groups in total. The molecule has 3 aliphatic rings. The first-order valence-corrected chi connectivity index (χ1v) is 12.5. The van der Waals surface area contributed by atoms with Crippen molar-refractivity contribution in [2.45, 2.75) is 12.5 Å². The number of allylic oxidation sites excluding steroid dienone is 1. The first kappa shape index (κ1) is 22.0. The molecule has 0 radical (unpaired) electrons. The van der Waals surface area contributed by atoms with Crippen LogP contribution in [0.25, 0.3) is 10.9 Å². The molecule has 6 rings (SSSR count). The Kier molecular flexibility index (Phi) is 5.84. The average Bonchev–Trinajstić information content (AvgIpc) is 3.31. The molecule has 35 heavy (non-hydrogen) atoms. The second-order valence-electron chi connectivity index (χ2n) is 9.72. The van der Waals surface area contributed by atoms with Gasteiger partial charge in [0.05, 0.1) is 11.4 Å². The fourth-order valence-electron chi connectivity index (χ4n) is 5.45. The molecular weight excluding hydrogens is 434 g/mol. The van der Waals surface area contributed by atoms with Crippen molar-refractivity contribution < 1.29 is 4.79 Å². The molecule has 0 spiro atoms. The topological polar surface area (TPSA) is 63.7 Å². The van der Waals surface area contributed by atoms with Gasteiger partial charge in [0, 0.05) is 60.8 Å². The minimum Gasteiger partial charge on any atom is -0.361 e. The number of para-hydroxylation sites is 2. The highest BCUT2D eigenvalue weighted by atomic mass is 16.2. The summed E-state index contributed by atoms with van der Waals surface area (Å²) in [5.74, 6) is 0.218. The monoisotopic (exact) mass is 465 g/mol. The maximum absolute atomic E-state index is 13.2. The Labute approximate surface area is 206 Å². The molecule has 2 atom stereocenters. The predicted octanol–water partition coefficient (Wildman–Crippen LogP) is 4.01. The number of amides is 1. The molecule has 2 aromatic carbocycles. The van der Waals surface area contributed by atoms with Crippen LogP contribution >= 0.6 is 0 Å². The lowest BCUT2D eigenvalue weighted by atomic mass is 9.81. The van der Waals surface area contributed by atoms with Gasteiger partial charge in [-0.15, -0.1) is 0 Å². The number of nitrogens with one attached hydrogen (secondary N) is 2. The van der Waals surface area contributed by atoms with Crippen molar-refractivity contribution in [1.82, 2.24) is 20.1 Å². The molecule has 1 saturated heterocycles. The van der Waals surface area contributed by atoms with Crippen LogP contribution in [0.2, 0.25) is 0 Å². The summed E-state index contributed by atoms with van der Waals surface area (Å²) in [6.45, 7) is 4.24. The lowest BCUT2D eigenvalue weighted by molar-refractivity contribution is -0.128. The standard InChI is InChI=1S/C29H31N5O/c1-33-14-16-34(17-15-33)29(35)20-10-11-24-27(18-20)32-26-9-5-3-7-23(26)28(24)30-13-12-21-19-31-25-8-4-2-6-22(21)25/h2-11,18-19,24,28,30-31H,12-17H2,1H3. The number of aliphatic imine (C=N–C) groups is 1. The number of benzene rings is 2. The highest BCUT2D eigenvalue weighted by molar-refractivity contribution is 6.10. The number of hydrogen-bond donors (Lipinski definition) is 2. The summed E-state index contributed by atoms with van der Waals surface area (Å²) in [4.78, 5) is 25.8. The fraction of sp³-hybridized carbons (Fsp3) is 0.310. The number of nitrogens with zero attached hydrogens (tertiary/aromatic N) is 3. The third-order valence-electron chi connectivity index (χ3n) is 7.48. The minimum atomic E-state index is 0.108. The van der Waals surface area contributed by atoms with Gasteiger partial charge in [0.25, 0.3) is 5.91 Å². The van der Waals surface area contributed by atoms with Crippen LogP contribution in [0.15, 0.2) is 83.5 Å². The molecule has 6 nitrogen and oxygen atoms in total. The van der Waals surface area contributed by atoms with E-state index in [-0.39, 0.29) is 17.9 Å². The van der Waals surface area contributed by atoms with Crippen molar-refractivity contribution >= 4 is 28.2 Å². The molecule has 1 aliphatic carbocycles. The van der Waals surface area contributed by atoms with E-state index in [2.05, 4.69) is 77.0 Å². The third-order valence-corrected chi connectivity index (χ3v) is 7.48. The summed E-state index contributed by atoms with van der Waals surface area (Å²) in [5, 5.41) is 5.10. The zero-order valence-corrected chi connectivity index (χ0v) is 20.1. The first-order valence-electron chi connectivity index (χ1n) is 12.5. The van der Waals surface area contributed by atoms with E-state index in [9.17, 15) is 4.79 Å². The molecule has 1 fully saturated rings. The van der Waals surface area contributed by atoms with Gasteiger partial charge in [-0.3, -0.25) is 9.79 Å². The van der Waals surface area contributed by atoms with E-state index in [1.165, 1.54) is 22.0 Å². The summed E-state index contributed by atoms with van der Waals surface area (Å²) >= 11 is 0. The van der Waals surface area contributed by atoms with Crippen LogP contribution in [0, 0.1) is 5.92 Å². The van der Waals surface area contributed by atoms with Gasteiger partial charge in [0.15, 0.2) is 0 Å². The molecule has 2 unspecified atom stereocenters. The lowest BCUT2D eigenvalue weighted by Crippen LogP contribution is -2.47. The number of H-pyrrole nitrogens is 1. The van der Waals surface area contributed by atoms with Gasteiger partial charge >= 0.3 is 0 Å². The van der Waals surface area contributed by atoms with Crippen molar-refractivity contribution in [1.29, 1.82) is 0 Å². The van der Waals surface area contributed by atoms with Gasteiger partial charge in [0.2, 0.25) is 0 Å². The number of aromatic amines is 1. The predicted molar refractivity (Wildman–Crippen MR) is 141 cm³/mol. The molecule has 1 aromatic heterocycles. The Morgan fingerprint density at radius 3 is 2.77 bits per heavy atom. The number of likely N-dealkylation sites (N-methyl/N-ethyl adjacent to an activating group) is 1. The number of carbonyl (C=O) groups is 1. The van der Waals surface area contributed by atoms with Crippen LogP contribution in [0.3, 0.4) is 0 Å². The van der Waals surface area contributed by atoms with Crippen LogP contribution in [0.4, 0.5) is 5.69 Å². The van der Waals surface area contributed by atoms with Crippen molar-refractivity contribution in [2.24, 2.45) is 10.9 Å². The second kappa shape index (κ2) is 9.29. The molecule has 178 valence electrons. The number of carbonyl (C=O) groups excluding carboxylic acids is 1. The van der Waals surface area contributed by atoms with Crippen molar-refractivity contribution in [2.75, 3.05) is 39.8 Å². The van der Waals surface area contributed by atoms with Gasteiger partial charge in [-0.2, -0.15) is 0 Å². The van der Waals surface area contributed by atoms with E-state index in [0.717, 1.165) is 56.1 Å². The normalized spacial score (nSPS) is 21.9. The Balaban J connectivity index is 1.21.